The van der Waals surface area contributed by atoms with Gasteiger partial charge in [0.15, 0.2) is 10.9 Å². The second-order valence-electron chi connectivity index (χ2n) is 5.93. The number of amides is 1. The lowest BCUT2D eigenvalue weighted by atomic mass is 10.2. The van der Waals surface area contributed by atoms with Crippen LogP contribution in [0.15, 0.2) is 57.1 Å². The van der Waals surface area contributed by atoms with Crippen molar-refractivity contribution in [2.75, 3.05) is 11.9 Å². The minimum Gasteiger partial charge on any atom is -0.452 e. The van der Waals surface area contributed by atoms with E-state index in [0.29, 0.717) is 9.24 Å². The minimum absolute atomic E-state index is 0.0695. The van der Waals surface area contributed by atoms with Gasteiger partial charge in [0.1, 0.15) is 5.82 Å². The maximum atomic E-state index is 13.1. The first kappa shape index (κ1) is 21.4. The molecule has 0 radical (unpaired) electrons. The molecule has 0 aliphatic rings. The van der Waals surface area contributed by atoms with Crippen molar-refractivity contribution in [3.63, 3.8) is 0 Å². The molecule has 1 aromatic heterocycles. The van der Waals surface area contributed by atoms with Crippen molar-refractivity contribution in [2.45, 2.75) is 16.2 Å². The number of nitrogens with zero attached hydrogens (tertiary/aromatic N) is 2. The first-order chi connectivity index (χ1) is 14.3. The molecule has 0 saturated carbocycles. The van der Waals surface area contributed by atoms with Gasteiger partial charge in [-0.05, 0) is 37.3 Å². The topological polar surface area (TPSA) is 111 Å². The molecule has 0 saturated heterocycles. The highest BCUT2D eigenvalue weighted by Crippen LogP contribution is 2.36. The molecule has 0 aliphatic heterocycles. The summed E-state index contributed by atoms with van der Waals surface area (Å²) >= 11 is 2.48. The zero-order valence-electron chi connectivity index (χ0n) is 15.5. The normalized spacial score (nSPS) is 10.5. The summed E-state index contributed by atoms with van der Waals surface area (Å²) in [7, 11) is 0. The molecule has 30 heavy (non-hydrogen) atoms. The average Bonchev–Trinajstić information content (AvgIpc) is 3.11. The van der Waals surface area contributed by atoms with Gasteiger partial charge in [-0.15, -0.1) is 11.3 Å². The third kappa shape index (κ3) is 5.61. The molecule has 2 aromatic carbocycles. The molecule has 154 valence electrons. The number of carbonyl (C=O) groups is 2. The van der Waals surface area contributed by atoms with Crippen LogP contribution in [0.4, 0.5) is 15.8 Å². The van der Waals surface area contributed by atoms with Crippen LogP contribution < -0.4 is 5.32 Å². The van der Waals surface area contributed by atoms with Gasteiger partial charge in [0.05, 0.1) is 15.4 Å². The van der Waals surface area contributed by atoms with E-state index >= 15 is 0 Å². The molecule has 1 N–H and O–H groups in total. The lowest BCUT2D eigenvalue weighted by Gasteiger charge is -2.07. The fraction of sp³-hybridized carbons (Fsp3) is 0.105. The van der Waals surface area contributed by atoms with Gasteiger partial charge in [-0.25, -0.2) is 14.2 Å². The molecule has 0 aliphatic carbocycles. The number of thiazole rings is 1. The molecule has 0 bridgehead atoms. The highest BCUT2D eigenvalue weighted by atomic mass is 32.2. The summed E-state index contributed by atoms with van der Waals surface area (Å²) in [5, 5.41) is 15.6. The van der Waals surface area contributed by atoms with Crippen molar-refractivity contribution in [3.05, 3.63) is 75.0 Å². The Morgan fingerprint density at radius 3 is 2.77 bits per heavy atom. The second-order valence-corrected chi connectivity index (χ2v) is 8.08. The predicted octanol–water partition coefficient (Wildman–Crippen LogP) is 4.45. The number of anilines is 1. The quantitative estimate of drug-likeness (QED) is 0.324. The standard InChI is InChI=1S/C19H14FN3O5S2/c1-11-10-29-19(21-11)30-16-6-5-12(7-15(16)23(26)27)18(25)28-9-17(24)22-14-4-2-3-13(20)8-14/h2-8,10H,9H2,1H3,(H,22,24). The average molecular weight is 447 g/mol. The van der Waals surface area contributed by atoms with Crippen molar-refractivity contribution in [2.24, 2.45) is 0 Å². The Bertz CT molecular complexity index is 1120. The first-order valence-corrected chi connectivity index (χ1v) is 10.1. The van der Waals surface area contributed by atoms with Gasteiger partial charge < -0.3 is 10.1 Å². The van der Waals surface area contributed by atoms with Gasteiger partial charge in [-0.2, -0.15) is 0 Å². The molecular weight excluding hydrogens is 433 g/mol. The number of nitrogens with one attached hydrogen (secondary N) is 1. The maximum Gasteiger partial charge on any atom is 0.338 e. The summed E-state index contributed by atoms with van der Waals surface area (Å²) in [5.41, 5.74) is 0.679. The van der Waals surface area contributed by atoms with Crippen molar-refractivity contribution in [3.8, 4) is 0 Å². The summed E-state index contributed by atoms with van der Waals surface area (Å²) in [5.74, 6) is -2.09. The smallest absolute Gasteiger partial charge is 0.338 e. The third-order valence-electron chi connectivity index (χ3n) is 3.63. The van der Waals surface area contributed by atoms with E-state index in [4.69, 9.17) is 4.74 Å². The van der Waals surface area contributed by atoms with Gasteiger partial charge in [0.2, 0.25) is 0 Å². The Labute approximate surface area is 178 Å². The summed E-state index contributed by atoms with van der Waals surface area (Å²) < 4.78 is 18.7. The summed E-state index contributed by atoms with van der Waals surface area (Å²) in [6, 6.07) is 9.14. The molecule has 0 spiro atoms. The number of hydrogen-bond acceptors (Lipinski definition) is 8. The Kier molecular flexibility index (Phi) is 6.75. The predicted molar refractivity (Wildman–Crippen MR) is 109 cm³/mol. The van der Waals surface area contributed by atoms with Crippen molar-refractivity contribution in [1.82, 2.24) is 4.98 Å². The molecule has 0 atom stereocenters. The Morgan fingerprint density at radius 1 is 1.30 bits per heavy atom. The first-order valence-electron chi connectivity index (χ1n) is 8.43. The van der Waals surface area contributed by atoms with Crippen molar-refractivity contribution < 1.29 is 23.6 Å². The van der Waals surface area contributed by atoms with Crippen LogP contribution in [-0.2, 0) is 9.53 Å². The van der Waals surface area contributed by atoms with Gasteiger partial charge in [0.25, 0.3) is 11.6 Å². The fourth-order valence-corrected chi connectivity index (χ4v) is 4.20. The zero-order chi connectivity index (χ0) is 21.7. The van der Waals surface area contributed by atoms with E-state index in [0.717, 1.165) is 29.6 Å². The highest BCUT2D eigenvalue weighted by molar-refractivity contribution is 8.01. The number of carbonyl (C=O) groups excluding carboxylic acids is 2. The molecule has 3 aromatic rings. The molecule has 1 amide bonds. The molecule has 0 unspecified atom stereocenters. The van der Waals surface area contributed by atoms with Crippen LogP contribution in [0.2, 0.25) is 0 Å². The van der Waals surface area contributed by atoms with E-state index in [-0.39, 0.29) is 16.9 Å². The molecular formula is C19H14FN3O5S2. The maximum absolute atomic E-state index is 13.1. The van der Waals surface area contributed by atoms with Gasteiger partial charge in [0, 0.05) is 22.8 Å². The monoisotopic (exact) mass is 447 g/mol. The number of hydrogen-bond donors (Lipinski definition) is 1. The van der Waals surface area contributed by atoms with Crippen LogP contribution in [0.25, 0.3) is 0 Å². The molecule has 8 nitrogen and oxygen atoms in total. The summed E-state index contributed by atoms with van der Waals surface area (Å²) in [6.45, 7) is 1.19. The number of ether oxygens (including phenoxy) is 1. The summed E-state index contributed by atoms with van der Waals surface area (Å²) in [4.78, 5) is 39.5. The lowest BCUT2D eigenvalue weighted by Crippen LogP contribution is -2.21. The lowest BCUT2D eigenvalue weighted by molar-refractivity contribution is -0.387. The Morgan fingerprint density at radius 2 is 2.10 bits per heavy atom. The van der Waals surface area contributed by atoms with Crippen LogP contribution in [0, 0.1) is 22.9 Å². The Hall–Kier alpha value is -3.31. The molecule has 0 fully saturated rings. The van der Waals surface area contributed by atoms with E-state index < -0.39 is 29.2 Å². The van der Waals surface area contributed by atoms with Crippen LogP contribution >= 0.6 is 23.1 Å². The molecule has 11 heteroatoms. The number of aryl methyl sites for hydroxylation is 1. The Balaban J connectivity index is 1.65. The molecule has 3 rings (SSSR count). The van der Waals surface area contributed by atoms with E-state index in [1.807, 2.05) is 12.3 Å². The fourth-order valence-electron chi connectivity index (χ4n) is 2.32. The second kappa shape index (κ2) is 9.46. The SMILES string of the molecule is Cc1csc(Sc2ccc(C(=O)OCC(=O)Nc3cccc(F)c3)cc2[N+](=O)[O-])n1. The highest BCUT2D eigenvalue weighted by Gasteiger charge is 2.20. The van der Waals surface area contributed by atoms with Crippen LogP contribution in [0.5, 0.6) is 0 Å². The number of benzene rings is 2. The minimum atomic E-state index is -0.894. The number of esters is 1. The van der Waals surface area contributed by atoms with Gasteiger partial charge in [-0.3, -0.25) is 14.9 Å². The largest absolute Gasteiger partial charge is 0.452 e. The number of nitro groups is 1. The number of nitro benzene ring substituents is 1. The van der Waals surface area contributed by atoms with Crippen molar-refractivity contribution >= 4 is 46.3 Å². The third-order valence-corrected chi connectivity index (χ3v) is 5.75. The van der Waals surface area contributed by atoms with Crippen molar-refractivity contribution in [1.29, 1.82) is 0 Å². The number of rotatable bonds is 7. The summed E-state index contributed by atoms with van der Waals surface area (Å²) in [6.07, 6.45) is 0. The van der Waals surface area contributed by atoms with Crippen LogP contribution in [-0.4, -0.2) is 28.4 Å². The van der Waals surface area contributed by atoms with E-state index in [9.17, 15) is 24.1 Å². The zero-order valence-corrected chi connectivity index (χ0v) is 17.1. The number of halogens is 1. The van der Waals surface area contributed by atoms with Gasteiger partial charge >= 0.3 is 5.97 Å². The van der Waals surface area contributed by atoms with E-state index in [1.165, 1.54) is 41.7 Å². The van der Waals surface area contributed by atoms with E-state index in [1.54, 1.807) is 0 Å². The van der Waals surface area contributed by atoms with E-state index in [2.05, 4.69) is 10.3 Å². The van der Waals surface area contributed by atoms with Crippen LogP contribution in [0.1, 0.15) is 16.1 Å². The van der Waals surface area contributed by atoms with Gasteiger partial charge in [-0.1, -0.05) is 17.8 Å². The molecule has 1 heterocycles. The number of aromatic nitrogens is 1. The van der Waals surface area contributed by atoms with Crippen LogP contribution in [0.3, 0.4) is 0 Å².